The van der Waals surface area contributed by atoms with Crippen LogP contribution in [0.25, 0.3) is 0 Å². The molecule has 7 heteroatoms. The maximum absolute atomic E-state index is 11.5. The second-order valence-corrected chi connectivity index (χ2v) is 6.98. The number of nitrogens with zero attached hydrogens (tertiary/aromatic N) is 4. The minimum Gasteiger partial charge on any atom is -0.478 e. The zero-order valence-electron chi connectivity index (χ0n) is 16.2. The van der Waals surface area contributed by atoms with E-state index in [9.17, 15) is 9.90 Å². The Labute approximate surface area is 169 Å². The fourth-order valence-electron chi connectivity index (χ4n) is 3.48. The highest BCUT2D eigenvalue weighted by atomic mass is 16.4. The molecule has 0 aliphatic carbocycles. The van der Waals surface area contributed by atoms with Crippen molar-refractivity contribution in [3.8, 4) is 0 Å². The van der Waals surface area contributed by atoms with Crippen molar-refractivity contribution in [1.29, 1.82) is 0 Å². The number of benzene rings is 2. The summed E-state index contributed by atoms with van der Waals surface area (Å²) in [5.74, 6) is 0.274. The molecule has 0 atom stereocenters. The van der Waals surface area contributed by atoms with Crippen molar-refractivity contribution in [3.63, 3.8) is 0 Å². The Morgan fingerprint density at radius 3 is 2.31 bits per heavy atom. The summed E-state index contributed by atoms with van der Waals surface area (Å²) in [4.78, 5) is 25.2. The lowest BCUT2D eigenvalue weighted by molar-refractivity contribution is 0.0698. The summed E-state index contributed by atoms with van der Waals surface area (Å²) in [6, 6.07) is 19.0. The highest BCUT2D eigenvalue weighted by molar-refractivity contribution is 5.95. The quantitative estimate of drug-likeness (QED) is 0.690. The van der Waals surface area contributed by atoms with Gasteiger partial charge in [0.2, 0.25) is 5.95 Å². The smallest absolute Gasteiger partial charge is 0.337 e. The summed E-state index contributed by atoms with van der Waals surface area (Å²) in [6.07, 6.45) is 0. The molecule has 1 aliphatic rings. The van der Waals surface area contributed by atoms with E-state index in [1.807, 2.05) is 19.1 Å². The van der Waals surface area contributed by atoms with Crippen LogP contribution in [0.3, 0.4) is 0 Å². The molecule has 0 amide bonds. The minimum absolute atomic E-state index is 0.210. The number of carbonyl (C=O) groups is 1. The lowest BCUT2D eigenvalue weighted by Crippen LogP contribution is -2.47. The number of aromatic carboxylic acids is 1. The molecule has 29 heavy (non-hydrogen) atoms. The van der Waals surface area contributed by atoms with Gasteiger partial charge in [0, 0.05) is 43.6 Å². The third-order valence-electron chi connectivity index (χ3n) is 4.95. The molecular weight excluding hydrogens is 366 g/mol. The van der Waals surface area contributed by atoms with E-state index in [0.717, 1.165) is 31.9 Å². The van der Waals surface area contributed by atoms with Crippen molar-refractivity contribution >= 4 is 29.1 Å². The van der Waals surface area contributed by atoms with Crippen molar-refractivity contribution < 1.29 is 9.90 Å². The summed E-state index contributed by atoms with van der Waals surface area (Å²) in [7, 11) is 0. The molecule has 4 rings (SSSR count). The number of aryl methyl sites for hydroxylation is 1. The monoisotopic (exact) mass is 389 g/mol. The first-order valence-electron chi connectivity index (χ1n) is 9.60. The van der Waals surface area contributed by atoms with Crippen LogP contribution >= 0.6 is 0 Å². The van der Waals surface area contributed by atoms with Gasteiger partial charge < -0.3 is 20.2 Å². The van der Waals surface area contributed by atoms with Crippen LogP contribution < -0.4 is 15.1 Å². The van der Waals surface area contributed by atoms with Gasteiger partial charge in [-0.1, -0.05) is 30.3 Å². The van der Waals surface area contributed by atoms with Crippen LogP contribution in [0, 0.1) is 6.92 Å². The van der Waals surface area contributed by atoms with Gasteiger partial charge in [-0.3, -0.25) is 0 Å². The molecule has 1 aliphatic heterocycles. The fourth-order valence-corrected chi connectivity index (χ4v) is 3.48. The Bertz CT molecular complexity index is 1000. The Kier molecular flexibility index (Phi) is 5.29. The number of hydrogen-bond donors (Lipinski definition) is 2. The zero-order chi connectivity index (χ0) is 20.2. The molecule has 148 valence electrons. The van der Waals surface area contributed by atoms with Crippen LogP contribution in [0.15, 0.2) is 60.7 Å². The van der Waals surface area contributed by atoms with Crippen molar-refractivity contribution in [3.05, 3.63) is 71.9 Å². The lowest BCUT2D eigenvalue weighted by atomic mass is 10.2. The number of rotatable bonds is 5. The Morgan fingerprint density at radius 1 is 0.931 bits per heavy atom. The molecule has 0 unspecified atom stereocenters. The lowest BCUT2D eigenvalue weighted by Gasteiger charge is -2.36. The zero-order valence-corrected chi connectivity index (χ0v) is 16.2. The molecule has 1 fully saturated rings. The van der Waals surface area contributed by atoms with E-state index in [4.69, 9.17) is 0 Å². The predicted molar refractivity (Wildman–Crippen MR) is 114 cm³/mol. The summed E-state index contributed by atoms with van der Waals surface area (Å²) in [5.41, 5.74) is 2.78. The van der Waals surface area contributed by atoms with Crippen LogP contribution in [-0.2, 0) is 0 Å². The fraction of sp³-hybridized carbons (Fsp3) is 0.227. The second-order valence-electron chi connectivity index (χ2n) is 6.98. The standard InChI is InChI=1S/C22H23N5O2/c1-16-15-20(24-19-10-6-5-9-18(19)21(28)29)25-22(23-16)27-13-11-26(12-14-27)17-7-3-2-4-8-17/h2-10,15H,11-14H2,1H3,(H,28,29)(H,23,24,25). The Morgan fingerprint density at radius 2 is 1.59 bits per heavy atom. The highest BCUT2D eigenvalue weighted by Crippen LogP contribution is 2.23. The van der Waals surface area contributed by atoms with Crippen LogP contribution in [0.5, 0.6) is 0 Å². The number of aromatic nitrogens is 2. The first-order valence-corrected chi connectivity index (χ1v) is 9.60. The number of hydrogen-bond acceptors (Lipinski definition) is 6. The van der Waals surface area contributed by atoms with Crippen molar-refractivity contribution in [2.75, 3.05) is 41.3 Å². The van der Waals surface area contributed by atoms with Gasteiger partial charge in [0.15, 0.2) is 0 Å². The molecule has 2 aromatic carbocycles. The molecule has 0 bridgehead atoms. The van der Waals surface area contributed by atoms with Gasteiger partial charge in [-0.25, -0.2) is 9.78 Å². The molecule has 2 heterocycles. The van der Waals surface area contributed by atoms with Gasteiger partial charge in [-0.2, -0.15) is 4.98 Å². The highest BCUT2D eigenvalue weighted by Gasteiger charge is 2.20. The average Bonchev–Trinajstić information content (AvgIpc) is 2.74. The third kappa shape index (κ3) is 4.29. The molecular formula is C22H23N5O2. The second kappa shape index (κ2) is 8.18. The topological polar surface area (TPSA) is 81.6 Å². The first kappa shape index (κ1) is 18.7. The molecule has 0 radical (unpaired) electrons. The summed E-state index contributed by atoms with van der Waals surface area (Å²) < 4.78 is 0. The van der Waals surface area contributed by atoms with Gasteiger partial charge in [0.05, 0.1) is 11.3 Å². The van der Waals surface area contributed by atoms with Crippen molar-refractivity contribution in [1.82, 2.24) is 9.97 Å². The minimum atomic E-state index is -0.976. The number of nitrogens with one attached hydrogen (secondary N) is 1. The summed E-state index contributed by atoms with van der Waals surface area (Å²) >= 11 is 0. The summed E-state index contributed by atoms with van der Waals surface area (Å²) in [6.45, 7) is 5.35. The molecule has 2 N–H and O–H groups in total. The molecule has 1 aromatic heterocycles. The number of piperazine rings is 1. The average molecular weight is 389 g/mol. The van der Waals surface area contributed by atoms with E-state index in [-0.39, 0.29) is 5.56 Å². The molecule has 1 saturated heterocycles. The summed E-state index contributed by atoms with van der Waals surface area (Å²) in [5, 5.41) is 12.5. The molecule has 0 spiro atoms. The van der Waals surface area contributed by atoms with E-state index >= 15 is 0 Å². The number of carboxylic acids is 1. The molecule has 3 aromatic rings. The van der Waals surface area contributed by atoms with Crippen LogP contribution in [0.1, 0.15) is 16.1 Å². The largest absolute Gasteiger partial charge is 0.478 e. The van der Waals surface area contributed by atoms with E-state index in [0.29, 0.717) is 17.5 Å². The van der Waals surface area contributed by atoms with Gasteiger partial charge in [-0.05, 0) is 31.2 Å². The maximum atomic E-state index is 11.5. The SMILES string of the molecule is Cc1cc(Nc2ccccc2C(=O)O)nc(N2CCN(c3ccccc3)CC2)n1. The van der Waals surface area contributed by atoms with Crippen LogP contribution in [-0.4, -0.2) is 47.2 Å². The predicted octanol–water partition coefficient (Wildman–Crippen LogP) is 3.55. The van der Waals surface area contributed by atoms with Crippen molar-refractivity contribution in [2.45, 2.75) is 6.92 Å². The van der Waals surface area contributed by atoms with Gasteiger partial charge in [-0.15, -0.1) is 0 Å². The van der Waals surface area contributed by atoms with E-state index < -0.39 is 5.97 Å². The first-order chi connectivity index (χ1) is 14.1. The van der Waals surface area contributed by atoms with Crippen molar-refractivity contribution in [2.24, 2.45) is 0 Å². The van der Waals surface area contributed by atoms with Gasteiger partial charge in [0.25, 0.3) is 0 Å². The Balaban J connectivity index is 1.50. The van der Waals surface area contributed by atoms with E-state index in [1.54, 1.807) is 24.3 Å². The third-order valence-corrected chi connectivity index (χ3v) is 4.95. The van der Waals surface area contributed by atoms with Gasteiger partial charge >= 0.3 is 5.97 Å². The molecule has 7 nitrogen and oxygen atoms in total. The number of para-hydroxylation sites is 2. The van der Waals surface area contributed by atoms with Gasteiger partial charge in [0.1, 0.15) is 5.82 Å². The van der Waals surface area contributed by atoms with Crippen LogP contribution in [0.4, 0.5) is 23.1 Å². The normalized spacial score (nSPS) is 14.0. The number of anilines is 4. The van der Waals surface area contributed by atoms with Crippen LogP contribution in [0.2, 0.25) is 0 Å². The number of carboxylic acid groups (broad SMARTS) is 1. The van der Waals surface area contributed by atoms with E-state index in [1.165, 1.54) is 5.69 Å². The van der Waals surface area contributed by atoms with E-state index in [2.05, 4.69) is 49.4 Å². The molecule has 0 saturated carbocycles. The maximum Gasteiger partial charge on any atom is 0.337 e. The Hall–Kier alpha value is -3.61.